The van der Waals surface area contributed by atoms with Crippen molar-refractivity contribution in [2.45, 2.75) is 38.4 Å². The van der Waals surface area contributed by atoms with E-state index in [0.29, 0.717) is 34.0 Å². The first-order chi connectivity index (χ1) is 17.8. The second-order valence-electron chi connectivity index (χ2n) is 9.67. The fourth-order valence-electron chi connectivity index (χ4n) is 6.17. The molecule has 0 unspecified atom stereocenters. The van der Waals surface area contributed by atoms with Crippen LogP contribution in [0.2, 0.25) is 0 Å². The summed E-state index contributed by atoms with van der Waals surface area (Å²) in [6.45, 7) is 8.19. The first-order valence-electron chi connectivity index (χ1n) is 12.2. The summed E-state index contributed by atoms with van der Waals surface area (Å²) in [6, 6.07) is 10.4. The number of carbonyl (C=O) groups is 1. The lowest BCUT2D eigenvalue weighted by Crippen LogP contribution is -2.69. The first kappa shape index (κ1) is 23.1. The Morgan fingerprint density at radius 1 is 1.27 bits per heavy atom. The van der Waals surface area contributed by atoms with Crippen molar-refractivity contribution in [2.75, 3.05) is 11.4 Å². The molecule has 1 amide bonds. The lowest BCUT2D eigenvalue weighted by Gasteiger charge is -2.54. The van der Waals surface area contributed by atoms with Gasteiger partial charge in [0, 0.05) is 40.8 Å². The Labute approximate surface area is 213 Å². The van der Waals surface area contributed by atoms with Crippen LogP contribution in [0.4, 0.5) is 14.5 Å². The lowest BCUT2D eigenvalue weighted by molar-refractivity contribution is -0.128. The molecular formula is C30H24F2N4O. The van der Waals surface area contributed by atoms with E-state index in [4.69, 9.17) is 6.42 Å². The highest BCUT2D eigenvalue weighted by atomic mass is 19.1. The molecule has 0 N–H and O–H groups in total. The number of fused-ring (bicyclic) bond motifs is 3. The second-order valence-corrected chi connectivity index (χ2v) is 9.67. The Kier molecular flexibility index (Phi) is 5.23. The van der Waals surface area contributed by atoms with E-state index in [2.05, 4.69) is 34.3 Å². The molecule has 4 heterocycles. The number of rotatable bonds is 3. The van der Waals surface area contributed by atoms with Crippen molar-refractivity contribution >= 4 is 33.3 Å². The van der Waals surface area contributed by atoms with Crippen LogP contribution in [0.1, 0.15) is 24.6 Å². The van der Waals surface area contributed by atoms with Gasteiger partial charge in [0.05, 0.1) is 23.3 Å². The Balaban J connectivity index is 1.50. The number of aromatic nitrogens is 2. The van der Waals surface area contributed by atoms with Crippen LogP contribution in [0, 0.1) is 30.9 Å². The van der Waals surface area contributed by atoms with Crippen LogP contribution in [0.3, 0.4) is 0 Å². The zero-order valence-electron chi connectivity index (χ0n) is 20.5. The molecular weight excluding hydrogens is 470 g/mol. The number of amides is 1. The number of aryl methyl sites for hydroxylation is 1. The highest BCUT2D eigenvalue weighted by Gasteiger charge is 2.54. The van der Waals surface area contributed by atoms with Gasteiger partial charge in [-0.25, -0.2) is 13.8 Å². The molecule has 2 aromatic carbocycles. The van der Waals surface area contributed by atoms with Crippen LogP contribution in [-0.4, -0.2) is 45.4 Å². The average Bonchev–Trinajstić information content (AvgIpc) is 3.28. The highest BCUT2D eigenvalue weighted by molar-refractivity contribution is 6.02. The third-order valence-electron chi connectivity index (χ3n) is 7.74. The zero-order valence-corrected chi connectivity index (χ0v) is 20.5. The van der Waals surface area contributed by atoms with Gasteiger partial charge in [-0.05, 0) is 43.9 Å². The van der Waals surface area contributed by atoms with Crippen molar-refractivity contribution < 1.29 is 13.6 Å². The first-order valence-corrected chi connectivity index (χ1v) is 12.2. The number of likely N-dealkylation sites (tertiary alicyclic amines) is 1. The van der Waals surface area contributed by atoms with E-state index < -0.39 is 11.6 Å². The monoisotopic (exact) mass is 494 g/mol. The maximum atomic E-state index is 16.2. The minimum absolute atomic E-state index is 0.0448. The van der Waals surface area contributed by atoms with Gasteiger partial charge in [0.15, 0.2) is 5.82 Å². The Bertz CT molecular complexity index is 1670. The van der Waals surface area contributed by atoms with Gasteiger partial charge in [-0.1, -0.05) is 36.8 Å². The molecule has 184 valence electrons. The van der Waals surface area contributed by atoms with Gasteiger partial charge in [0.2, 0.25) is 5.91 Å². The summed E-state index contributed by atoms with van der Waals surface area (Å²) >= 11 is 0. The van der Waals surface area contributed by atoms with Crippen LogP contribution in [0.5, 0.6) is 0 Å². The third-order valence-corrected chi connectivity index (χ3v) is 7.74. The molecule has 2 aromatic heterocycles. The molecule has 0 spiro atoms. The van der Waals surface area contributed by atoms with Crippen molar-refractivity contribution in [1.29, 1.82) is 0 Å². The van der Waals surface area contributed by atoms with Crippen LogP contribution in [0.15, 0.2) is 55.3 Å². The number of benzene rings is 2. The zero-order chi connectivity index (χ0) is 26.0. The minimum Gasteiger partial charge on any atom is -0.361 e. The topological polar surface area (TPSA) is 49.3 Å². The maximum absolute atomic E-state index is 16.2. The van der Waals surface area contributed by atoms with Crippen LogP contribution in [-0.2, 0) is 4.79 Å². The average molecular weight is 495 g/mol. The number of carbonyl (C=O) groups excluding carboxylic acids is 1. The van der Waals surface area contributed by atoms with E-state index in [1.54, 1.807) is 24.4 Å². The summed E-state index contributed by atoms with van der Waals surface area (Å²) in [5.41, 5.74) is 2.27. The van der Waals surface area contributed by atoms with Gasteiger partial charge in [0.1, 0.15) is 17.0 Å². The van der Waals surface area contributed by atoms with E-state index >= 15 is 4.39 Å². The van der Waals surface area contributed by atoms with Gasteiger partial charge >= 0.3 is 0 Å². The van der Waals surface area contributed by atoms with Crippen LogP contribution >= 0.6 is 0 Å². The summed E-state index contributed by atoms with van der Waals surface area (Å²) in [4.78, 5) is 25.5. The minimum atomic E-state index is -0.582. The van der Waals surface area contributed by atoms with Gasteiger partial charge < -0.3 is 9.80 Å². The number of hydrogen-bond acceptors (Lipinski definition) is 4. The number of anilines is 1. The predicted octanol–water partition coefficient (Wildman–Crippen LogP) is 5.38. The summed E-state index contributed by atoms with van der Waals surface area (Å²) in [7, 11) is 0. The van der Waals surface area contributed by atoms with E-state index in [1.165, 1.54) is 12.1 Å². The Morgan fingerprint density at radius 2 is 2.08 bits per heavy atom. The fourth-order valence-corrected chi connectivity index (χ4v) is 6.17. The van der Waals surface area contributed by atoms with E-state index in [0.717, 1.165) is 12.1 Å². The van der Waals surface area contributed by atoms with E-state index in [9.17, 15) is 9.18 Å². The summed E-state index contributed by atoms with van der Waals surface area (Å²) in [5, 5.41) is 1.74. The third kappa shape index (κ3) is 3.25. The molecule has 7 heteroatoms. The van der Waals surface area contributed by atoms with Gasteiger partial charge in [-0.15, -0.1) is 6.42 Å². The van der Waals surface area contributed by atoms with Crippen LogP contribution in [0.25, 0.3) is 32.9 Å². The molecule has 37 heavy (non-hydrogen) atoms. The largest absolute Gasteiger partial charge is 0.361 e. The molecule has 0 bridgehead atoms. The van der Waals surface area contributed by atoms with Crippen molar-refractivity contribution in [3.63, 3.8) is 0 Å². The molecule has 5 nitrogen and oxygen atoms in total. The number of nitrogens with zero attached hydrogens (tertiary/aromatic N) is 4. The molecule has 4 aromatic rings. The molecule has 3 atom stereocenters. The maximum Gasteiger partial charge on any atom is 0.246 e. The fraction of sp³-hybridized carbons (Fsp3) is 0.233. The Morgan fingerprint density at radius 3 is 2.84 bits per heavy atom. The molecule has 0 radical (unpaired) electrons. The van der Waals surface area contributed by atoms with Gasteiger partial charge in [-0.2, -0.15) is 0 Å². The SMILES string of the molecule is C#Cc1c(F)ccc2cccc(-c3ncc4c(N5[C@@H]6CCN(C(=O)C=C)[C@@H]6[C@@H]5C)cc(C)nc4c3F)c12. The van der Waals surface area contributed by atoms with E-state index in [-0.39, 0.29) is 40.8 Å². The molecule has 0 saturated carbocycles. The predicted molar refractivity (Wildman–Crippen MR) is 141 cm³/mol. The van der Waals surface area contributed by atoms with Crippen molar-refractivity contribution in [3.8, 4) is 23.6 Å². The van der Waals surface area contributed by atoms with Crippen molar-refractivity contribution in [2.24, 2.45) is 0 Å². The van der Waals surface area contributed by atoms with Crippen molar-refractivity contribution in [3.05, 3.63) is 78.1 Å². The smallest absolute Gasteiger partial charge is 0.246 e. The number of halogens is 2. The lowest BCUT2D eigenvalue weighted by atomic mass is 9.86. The molecule has 6 rings (SSSR count). The second kappa shape index (κ2) is 8.38. The molecule has 2 aliphatic heterocycles. The van der Waals surface area contributed by atoms with E-state index in [1.807, 2.05) is 24.0 Å². The molecule has 2 aliphatic rings. The van der Waals surface area contributed by atoms with Gasteiger partial charge in [-0.3, -0.25) is 9.78 Å². The molecule has 2 saturated heterocycles. The summed E-state index contributed by atoms with van der Waals surface area (Å²) in [6.07, 6.45) is 9.44. The molecule has 2 fully saturated rings. The highest BCUT2D eigenvalue weighted by Crippen LogP contribution is 2.45. The van der Waals surface area contributed by atoms with Crippen molar-refractivity contribution in [1.82, 2.24) is 14.9 Å². The Hall–Kier alpha value is -4.31. The number of terminal acetylenes is 1. The molecule has 0 aliphatic carbocycles. The quantitative estimate of drug-likeness (QED) is 0.283. The normalized spacial score (nSPS) is 20.6. The number of pyridine rings is 2. The summed E-state index contributed by atoms with van der Waals surface area (Å²) < 4.78 is 30.7. The van der Waals surface area contributed by atoms with Gasteiger partial charge in [0.25, 0.3) is 0 Å². The standard InChI is InChI=1S/C30H24F2N4O/c1-5-19-22(31)11-10-18-8-7-9-20(26(18)19)28-27(32)29-21(15-33-28)24(14-16(3)34-29)36-17(4)30-23(36)12-13-35(30)25(37)6-2/h1,6-11,14-15,17,23,30H,2,12-13H2,3-4H3/t17-,23+,30+/m0/s1. The van der Waals surface area contributed by atoms with Crippen LogP contribution < -0.4 is 4.90 Å². The number of hydrogen-bond donors (Lipinski definition) is 0. The summed E-state index contributed by atoms with van der Waals surface area (Å²) in [5.74, 6) is 1.23.